The highest BCUT2D eigenvalue weighted by molar-refractivity contribution is 6.29. The number of halogens is 1. The van der Waals surface area contributed by atoms with Crippen molar-refractivity contribution in [1.82, 2.24) is 19.9 Å². The number of benzene rings is 1. The van der Waals surface area contributed by atoms with Crippen molar-refractivity contribution in [1.29, 1.82) is 0 Å². The Hall–Kier alpha value is -3.46. The Morgan fingerprint density at radius 2 is 1.84 bits per heavy atom. The number of fused-ring (bicyclic) bond motifs is 1. The molecule has 166 valence electrons. The van der Waals surface area contributed by atoms with Crippen LogP contribution < -0.4 is 15.5 Å². The van der Waals surface area contributed by atoms with Crippen LogP contribution in [0.4, 0.5) is 22.2 Å². The molecule has 1 aromatic carbocycles. The lowest BCUT2D eigenvalue weighted by molar-refractivity contribution is -0.114. The number of urea groups is 1. The summed E-state index contributed by atoms with van der Waals surface area (Å²) in [5.74, 6) is 0.539. The molecule has 3 heterocycles. The summed E-state index contributed by atoms with van der Waals surface area (Å²) in [6, 6.07) is 11.0. The van der Waals surface area contributed by atoms with Crippen LogP contribution in [0.3, 0.4) is 0 Å². The zero-order valence-electron chi connectivity index (χ0n) is 17.9. The number of hydrogen-bond acceptors (Lipinski definition) is 6. The van der Waals surface area contributed by atoms with E-state index in [1.54, 1.807) is 17.0 Å². The molecule has 1 aliphatic heterocycles. The number of aryl methyl sites for hydroxylation is 1. The molecule has 3 aromatic rings. The maximum Gasteiger partial charge on any atom is 0.321 e. The maximum atomic E-state index is 12.8. The van der Waals surface area contributed by atoms with E-state index >= 15 is 0 Å². The third-order valence-corrected chi connectivity index (χ3v) is 5.34. The SMILES string of the molecule is CC(=O)Nc1nc(N2CCCN(C(=O)Nc3cccc(C)c3)CC2)c2nc(Cl)ccc2n1. The molecule has 3 amide bonds. The first-order chi connectivity index (χ1) is 15.4. The van der Waals surface area contributed by atoms with Gasteiger partial charge < -0.3 is 15.1 Å². The average molecular weight is 454 g/mol. The Morgan fingerprint density at radius 1 is 1.00 bits per heavy atom. The number of pyridine rings is 1. The van der Waals surface area contributed by atoms with Gasteiger partial charge in [-0.25, -0.2) is 14.8 Å². The molecule has 0 aliphatic carbocycles. The molecule has 0 bridgehead atoms. The summed E-state index contributed by atoms with van der Waals surface area (Å²) in [5, 5.41) is 5.95. The fourth-order valence-electron chi connectivity index (χ4n) is 3.67. The van der Waals surface area contributed by atoms with Gasteiger partial charge >= 0.3 is 6.03 Å². The number of anilines is 3. The Labute approximate surface area is 190 Å². The maximum absolute atomic E-state index is 12.8. The number of rotatable bonds is 3. The van der Waals surface area contributed by atoms with Crippen molar-refractivity contribution in [2.75, 3.05) is 41.7 Å². The average Bonchev–Trinajstić information content (AvgIpc) is 2.99. The minimum atomic E-state index is -0.257. The molecule has 4 rings (SSSR count). The van der Waals surface area contributed by atoms with Gasteiger partial charge in [0, 0.05) is 38.8 Å². The molecule has 0 saturated carbocycles. The van der Waals surface area contributed by atoms with Gasteiger partial charge in [-0.05, 0) is 43.2 Å². The smallest absolute Gasteiger partial charge is 0.321 e. The van der Waals surface area contributed by atoms with Gasteiger partial charge in [-0.15, -0.1) is 0 Å². The van der Waals surface area contributed by atoms with Crippen LogP contribution in [0, 0.1) is 6.92 Å². The monoisotopic (exact) mass is 453 g/mol. The summed E-state index contributed by atoms with van der Waals surface area (Å²) in [6.07, 6.45) is 0.753. The predicted molar refractivity (Wildman–Crippen MR) is 125 cm³/mol. The van der Waals surface area contributed by atoms with E-state index in [-0.39, 0.29) is 17.9 Å². The van der Waals surface area contributed by atoms with Gasteiger partial charge in [0.2, 0.25) is 11.9 Å². The fourth-order valence-corrected chi connectivity index (χ4v) is 3.81. The molecule has 0 atom stereocenters. The second-order valence-corrected chi connectivity index (χ2v) is 8.07. The quantitative estimate of drug-likeness (QED) is 0.586. The van der Waals surface area contributed by atoms with Gasteiger partial charge in [0.1, 0.15) is 10.7 Å². The van der Waals surface area contributed by atoms with Gasteiger partial charge in [-0.1, -0.05) is 23.7 Å². The topological polar surface area (TPSA) is 103 Å². The number of carbonyl (C=O) groups is 2. The second kappa shape index (κ2) is 9.35. The lowest BCUT2D eigenvalue weighted by atomic mass is 10.2. The summed E-state index contributed by atoms with van der Waals surface area (Å²) < 4.78 is 0. The largest absolute Gasteiger partial charge is 0.353 e. The summed E-state index contributed by atoms with van der Waals surface area (Å²) >= 11 is 6.12. The van der Waals surface area contributed by atoms with Crippen molar-refractivity contribution in [2.24, 2.45) is 0 Å². The molecule has 1 fully saturated rings. The van der Waals surface area contributed by atoms with Crippen LogP contribution in [0.25, 0.3) is 11.0 Å². The van der Waals surface area contributed by atoms with Crippen molar-refractivity contribution in [3.63, 3.8) is 0 Å². The van der Waals surface area contributed by atoms with Gasteiger partial charge in [-0.2, -0.15) is 4.98 Å². The highest BCUT2D eigenvalue weighted by Crippen LogP contribution is 2.26. The molecule has 2 aromatic heterocycles. The van der Waals surface area contributed by atoms with E-state index in [1.165, 1.54) is 6.92 Å². The first-order valence-corrected chi connectivity index (χ1v) is 10.8. The minimum Gasteiger partial charge on any atom is -0.353 e. The lowest BCUT2D eigenvalue weighted by Gasteiger charge is -2.24. The zero-order chi connectivity index (χ0) is 22.7. The molecule has 0 radical (unpaired) electrons. The van der Waals surface area contributed by atoms with E-state index in [0.717, 1.165) is 17.7 Å². The second-order valence-electron chi connectivity index (χ2n) is 7.68. The Balaban J connectivity index is 1.55. The standard InChI is InChI=1S/C22H24ClN7O2/c1-14-5-3-6-16(13-14)25-22(32)30-10-4-9-29(11-12-30)20-19-17(7-8-18(23)27-19)26-21(28-20)24-15(2)31/h3,5-8,13H,4,9-12H2,1-2H3,(H,25,32)(H,24,26,28,31). The predicted octanol–water partition coefficient (Wildman–Crippen LogP) is 3.69. The van der Waals surface area contributed by atoms with E-state index in [9.17, 15) is 9.59 Å². The Kier molecular flexibility index (Phi) is 6.36. The highest BCUT2D eigenvalue weighted by atomic mass is 35.5. The van der Waals surface area contributed by atoms with Crippen LogP contribution >= 0.6 is 11.6 Å². The van der Waals surface area contributed by atoms with Crippen LogP contribution in [0.15, 0.2) is 36.4 Å². The van der Waals surface area contributed by atoms with E-state index in [1.807, 2.05) is 31.2 Å². The summed E-state index contributed by atoms with van der Waals surface area (Å²) in [5.41, 5.74) is 3.00. The van der Waals surface area contributed by atoms with Crippen LogP contribution in [-0.2, 0) is 4.79 Å². The summed E-state index contributed by atoms with van der Waals surface area (Å²) in [7, 11) is 0. The number of nitrogens with zero attached hydrogens (tertiary/aromatic N) is 5. The van der Waals surface area contributed by atoms with E-state index < -0.39 is 0 Å². The lowest BCUT2D eigenvalue weighted by Crippen LogP contribution is -2.38. The molecule has 0 unspecified atom stereocenters. The number of nitrogens with one attached hydrogen (secondary N) is 2. The van der Waals surface area contributed by atoms with E-state index in [4.69, 9.17) is 11.6 Å². The molecule has 2 N–H and O–H groups in total. The molecular weight excluding hydrogens is 430 g/mol. The molecule has 1 saturated heterocycles. The van der Waals surface area contributed by atoms with Crippen molar-refractivity contribution in [3.05, 3.63) is 47.1 Å². The number of carbonyl (C=O) groups excluding carboxylic acids is 2. The summed E-state index contributed by atoms with van der Waals surface area (Å²) in [6.45, 7) is 5.75. The van der Waals surface area contributed by atoms with Gasteiger partial charge in [-0.3, -0.25) is 10.1 Å². The highest BCUT2D eigenvalue weighted by Gasteiger charge is 2.23. The Bertz CT molecular complexity index is 1170. The van der Waals surface area contributed by atoms with Crippen LogP contribution in [-0.4, -0.2) is 58.0 Å². The normalized spacial score (nSPS) is 14.2. The molecule has 0 spiro atoms. The van der Waals surface area contributed by atoms with Crippen LogP contribution in [0.1, 0.15) is 18.9 Å². The zero-order valence-corrected chi connectivity index (χ0v) is 18.7. The number of amides is 3. The molecule has 32 heavy (non-hydrogen) atoms. The van der Waals surface area contributed by atoms with Crippen molar-refractivity contribution < 1.29 is 9.59 Å². The Morgan fingerprint density at radius 3 is 2.62 bits per heavy atom. The third kappa shape index (κ3) is 5.05. The van der Waals surface area contributed by atoms with Crippen molar-refractivity contribution in [2.45, 2.75) is 20.3 Å². The van der Waals surface area contributed by atoms with E-state index in [2.05, 4.69) is 30.5 Å². The van der Waals surface area contributed by atoms with Crippen LogP contribution in [0.2, 0.25) is 5.15 Å². The number of hydrogen-bond donors (Lipinski definition) is 2. The first-order valence-electron chi connectivity index (χ1n) is 10.4. The third-order valence-electron chi connectivity index (χ3n) is 5.13. The van der Waals surface area contributed by atoms with Gasteiger partial charge in [0.25, 0.3) is 0 Å². The van der Waals surface area contributed by atoms with Crippen molar-refractivity contribution in [3.8, 4) is 0 Å². The molecule has 9 nitrogen and oxygen atoms in total. The fraction of sp³-hybridized carbons (Fsp3) is 0.318. The first kappa shape index (κ1) is 21.8. The molecule has 10 heteroatoms. The summed E-state index contributed by atoms with van der Waals surface area (Å²) in [4.78, 5) is 41.5. The van der Waals surface area contributed by atoms with Crippen molar-refractivity contribution >= 4 is 52.0 Å². The van der Waals surface area contributed by atoms with Gasteiger partial charge in [0.15, 0.2) is 5.82 Å². The van der Waals surface area contributed by atoms with Gasteiger partial charge in [0.05, 0.1) is 5.52 Å². The molecule has 1 aliphatic rings. The number of aromatic nitrogens is 3. The van der Waals surface area contributed by atoms with Crippen LogP contribution in [0.5, 0.6) is 0 Å². The van der Waals surface area contributed by atoms with E-state index in [0.29, 0.717) is 48.2 Å². The molecular formula is C22H24ClN7O2. The minimum absolute atomic E-state index is 0.134.